The number of benzene rings is 3. The second kappa shape index (κ2) is 9.36. The van der Waals surface area contributed by atoms with E-state index in [0.717, 1.165) is 67.6 Å². The fourth-order valence-corrected chi connectivity index (χ4v) is 6.04. The molecule has 0 bridgehead atoms. The predicted octanol–water partition coefficient (Wildman–Crippen LogP) is 9.03. The first-order valence-corrected chi connectivity index (χ1v) is 14.3. The molecule has 1 unspecified atom stereocenters. The maximum Gasteiger partial charge on any atom is 0.178 e. The average molecular weight is 463 g/mol. The highest BCUT2D eigenvalue weighted by molar-refractivity contribution is 8.14. The van der Waals surface area contributed by atoms with Crippen molar-refractivity contribution in [3.63, 3.8) is 0 Å². The van der Waals surface area contributed by atoms with E-state index < -0.39 is 0 Å². The van der Waals surface area contributed by atoms with Gasteiger partial charge in [0.25, 0.3) is 0 Å². The zero-order chi connectivity index (χ0) is 22.1. The van der Waals surface area contributed by atoms with Crippen molar-refractivity contribution in [2.75, 3.05) is 17.3 Å². The van der Waals surface area contributed by atoms with Gasteiger partial charge in [0.05, 0.1) is 0 Å². The van der Waals surface area contributed by atoms with Crippen LogP contribution >= 0.6 is 22.2 Å². The fourth-order valence-electron chi connectivity index (χ4n) is 4.29. The van der Waals surface area contributed by atoms with Crippen molar-refractivity contribution in [1.29, 1.82) is 0 Å². The van der Waals surface area contributed by atoms with Crippen LogP contribution in [0.1, 0.15) is 38.7 Å². The number of furan rings is 2. The smallest absolute Gasteiger partial charge is 0.178 e. The molecule has 2 aromatic heterocycles. The second-order valence-electron chi connectivity index (χ2n) is 8.42. The zero-order valence-electron chi connectivity index (χ0n) is 18.9. The molecule has 166 valence electrons. The molecule has 2 heterocycles. The van der Waals surface area contributed by atoms with Gasteiger partial charge in [-0.3, -0.25) is 0 Å². The van der Waals surface area contributed by atoms with E-state index in [4.69, 9.17) is 8.83 Å². The summed E-state index contributed by atoms with van der Waals surface area (Å²) in [4.78, 5) is 1.27. The van der Waals surface area contributed by atoms with E-state index in [1.54, 1.807) is 0 Å². The molecule has 2 nitrogen and oxygen atoms in total. The van der Waals surface area contributed by atoms with Gasteiger partial charge in [0.15, 0.2) is 11.2 Å². The second-order valence-corrected chi connectivity index (χ2v) is 11.8. The van der Waals surface area contributed by atoms with E-state index in [1.165, 1.54) is 29.7 Å². The van der Waals surface area contributed by atoms with Crippen LogP contribution in [0, 0.1) is 0 Å². The minimum Gasteiger partial charge on any atom is -0.452 e. The van der Waals surface area contributed by atoms with Crippen LogP contribution in [0.2, 0.25) is 0 Å². The van der Waals surface area contributed by atoms with E-state index in [0.29, 0.717) is 0 Å². The maximum absolute atomic E-state index is 6.38. The highest BCUT2D eigenvalue weighted by Crippen LogP contribution is 2.39. The predicted molar refractivity (Wildman–Crippen MR) is 145 cm³/mol. The van der Waals surface area contributed by atoms with E-state index in [2.05, 4.69) is 68.2 Å². The first kappa shape index (κ1) is 21.7. The van der Waals surface area contributed by atoms with Gasteiger partial charge in [0.2, 0.25) is 0 Å². The monoisotopic (exact) mass is 462 g/mol. The molecule has 0 amide bonds. The third kappa shape index (κ3) is 4.11. The van der Waals surface area contributed by atoms with Gasteiger partial charge in [-0.05, 0) is 72.1 Å². The summed E-state index contributed by atoms with van der Waals surface area (Å²) in [5.41, 5.74) is 4.91. The number of rotatable bonds is 9. The molecule has 0 radical (unpaired) electrons. The van der Waals surface area contributed by atoms with Crippen LogP contribution in [0.4, 0.5) is 0 Å². The van der Waals surface area contributed by atoms with Crippen molar-refractivity contribution in [1.82, 2.24) is 0 Å². The lowest BCUT2D eigenvalue weighted by Crippen LogP contribution is -1.91. The molecule has 0 aliphatic rings. The minimum atomic E-state index is 0.243. The van der Waals surface area contributed by atoms with Crippen molar-refractivity contribution < 1.29 is 8.83 Å². The largest absolute Gasteiger partial charge is 0.452 e. The third-order valence-electron chi connectivity index (χ3n) is 6.22. The van der Waals surface area contributed by atoms with Crippen molar-refractivity contribution in [2.45, 2.75) is 44.4 Å². The highest BCUT2D eigenvalue weighted by atomic mass is 32.2. The minimum absolute atomic E-state index is 0.243. The Morgan fingerprint density at radius 3 is 2.16 bits per heavy atom. The Kier molecular flexibility index (Phi) is 6.34. The van der Waals surface area contributed by atoms with Gasteiger partial charge in [-0.1, -0.05) is 44.7 Å². The Morgan fingerprint density at radius 1 is 0.812 bits per heavy atom. The standard InChI is InChI=1S/C28H30O2S2/c1-4-6-7-15-31-20-9-11-22-24-13-12-23-21-10-8-19(14-16-32(3)5-2)17-25(21)29-27(23)28(24)30-26(22)18-20/h8-13,17-18H,3-7,14-16H2,1-2H3. The molecular weight excluding hydrogens is 432 g/mol. The summed E-state index contributed by atoms with van der Waals surface area (Å²) in [6, 6.07) is 17.6. The molecule has 0 N–H and O–H groups in total. The van der Waals surface area contributed by atoms with Crippen LogP contribution in [-0.2, 0) is 6.42 Å². The lowest BCUT2D eigenvalue weighted by molar-refractivity contribution is 0.632. The maximum atomic E-state index is 6.38. The van der Waals surface area contributed by atoms with E-state index in [9.17, 15) is 0 Å². The molecule has 0 spiro atoms. The van der Waals surface area contributed by atoms with Crippen LogP contribution in [0.25, 0.3) is 43.9 Å². The summed E-state index contributed by atoms with van der Waals surface area (Å²) in [6.45, 7) is 4.46. The van der Waals surface area contributed by atoms with Crippen LogP contribution in [-0.4, -0.2) is 23.1 Å². The lowest BCUT2D eigenvalue weighted by atomic mass is 10.1. The van der Waals surface area contributed by atoms with Gasteiger partial charge in [-0.15, -0.1) is 11.8 Å². The molecule has 0 fully saturated rings. The van der Waals surface area contributed by atoms with Gasteiger partial charge in [-0.2, -0.15) is 10.5 Å². The fraction of sp³-hybridized carbons (Fsp3) is 0.321. The number of hydrogen-bond acceptors (Lipinski definition) is 3. The third-order valence-corrected chi connectivity index (χ3v) is 8.90. The molecular formula is C28H30O2S2. The molecule has 0 saturated heterocycles. The van der Waals surface area contributed by atoms with E-state index in [-0.39, 0.29) is 10.5 Å². The van der Waals surface area contributed by atoms with Crippen molar-refractivity contribution in [2.24, 2.45) is 0 Å². The topological polar surface area (TPSA) is 26.3 Å². The quantitative estimate of drug-likeness (QED) is 0.124. The molecule has 1 atom stereocenters. The van der Waals surface area contributed by atoms with Gasteiger partial charge >= 0.3 is 0 Å². The Balaban J connectivity index is 1.52. The number of unbranched alkanes of at least 4 members (excludes halogenated alkanes) is 2. The number of aryl methyl sites for hydroxylation is 1. The SMILES string of the molecule is C=S(CC)CCc1ccc2c(c1)oc1c2ccc2c3ccc(SCCCCC)cc3oc21. The van der Waals surface area contributed by atoms with Crippen LogP contribution in [0.15, 0.2) is 62.3 Å². The molecule has 4 heteroatoms. The molecule has 0 saturated carbocycles. The summed E-state index contributed by atoms with van der Waals surface area (Å²) >= 11 is 1.91. The van der Waals surface area contributed by atoms with Gasteiger partial charge < -0.3 is 8.83 Å². The molecule has 5 aromatic rings. The summed E-state index contributed by atoms with van der Waals surface area (Å²) in [5.74, 6) is 7.68. The Bertz CT molecular complexity index is 1420. The van der Waals surface area contributed by atoms with Crippen LogP contribution < -0.4 is 0 Å². The van der Waals surface area contributed by atoms with Gasteiger partial charge in [0.1, 0.15) is 11.2 Å². The Morgan fingerprint density at radius 2 is 1.47 bits per heavy atom. The first-order chi connectivity index (χ1) is 15.7. The van der Waals surface area contributed by atoms with E-state index >= 15 is 0 Å². The highest BCUT2D eigenvalue weighted by Gasteiger charge is 2.16. The molecule has 3 aromatic carbocycles. The number of thioether (sulfide) groups is 1. The summed E-state index contributed by atoms with van der Waals surface area (Å²) in [5, 5.41) is 4.56. The normalized spacial score (nSPS) is 13.1. The van der Waals surface area contributed by atoms with Crippen molar-refractivity contribution in [3.05, 3.63) is 54.1 Å². The Hall–Kier alpha value is -2.17. The molecule has 32 heavy (non-hydrogen) atoms. The number of hydrogen-bond donors (Lipinski definition) is 0. The first-order valence-electron chi connectivity index (χ1n) is 11.6. The van der Waals surface area contributed by atoms with E-state index in [1.807, 2.05) is 11.8 Å². The molecule has 5 rings (SSSR count). The summed E-state index contributed by atoms with van der Waals surface area (Å²) in [7, 11) is 0.243. The van der Waals surface area contributed by atoms with Gasteiger partial charge in [-0.25, -0.2) is 0 Å². The molecule has 0 aliphatic heterocycles. The van der Waals surface area contributed by atoms with Crippen LogP contribution in [0.5, 0.6) is 0 Å². The number of fused-ring (bicyclic) bond motifs is 7. The summed E-state index contributed by atoms with van der Waals surface area (Å²) in [6.07, 6.45) is 4.86. The van der Waals surface area contributed by atoms with Crippen molar-refractivity contribution in [3.8, 4) is 0 Å². The molecule has 0 aliphatic carbocycles. The zero-order valence-corrected chi connectivity index (χ0v) is 20.5. The lowest BCUT2D eigenvalue weighted by Gasteiger charge is -2.04. The van der Waals surface area contributed by atoms with Crippen LogP contribution in [0.3, 0.4) is 0 Å². The van der Waals surface area contributed by atoms with Crippen molar-refractivity contribution >= 4 is 72.0 Å². The summed E-state index contributed by atoms with van der Waals surface area (Å²) < 4.78 is 12.8. The Labute approximate surface area is 196 Å². The average Bonchev–Trinajstić information content (AvgIpc) is 3.37. The van der Waals surface area contributed by atoms with Gasteiger partial charge in [0, 0.05) is 26.4 Å².